The second kappa shape index (κ2) is 3.71. The maximum Gasteiger partial charge on any atom is 0.174 e. The number of aromatic hydroxyl groups is 1. The summed E-state index contributed by atoms with van der Waals surface area (Å²) >= 11 is 5.71. The summed E-state index contributed by atoms with van der Waals surface area (Å²) in [7, 11) is 0. The van der Waals surface area contributed by atoms with E-state index in [0.29, 0.717) is 11.5 Å². The van der Waals surface area contributed by atoms with E-state index in [9.17, 15) is 5.11 Å². The molecule has 2 nitrogen and oxygen atoms in total. The van der Waals surface area contributed by atoms with Gasteiger partial charge >= 0.3 is 0 Å². The van der Waals surface area contributed by atoms with Gasteiger partial charge in [0.05, 0.1) is 6.61 Å². The minimum absolute atomic E-state index is 0.210. The summed E-state index contributed by atoms with van der Waals surface area (Å²) in [6.07, 6.45) is 0. The van der Waals surface area contributed by atoms with Gasteiger partial charge in [0, 0.05) is 15.0 Å². The summed E-state index contributed by atoms with van der Waals surface area (Å²) in [5.74, 6) is 0.210. The van der Waals surface area contributed by atoms with Crippen LogP contribution in [0.4, 0.5) is 0 Å². The van der Waals surface area contributed by atoms with Gasteiger partial charge in [-0.05, 0) is 25.1 Å². The molecule has 74 valence electrons. The van der Waals surface area contributed by atoms with E-state index in [4.69, 9.17) is 4.74 Å². The average Bonchev–Trinajstić information content (AvgIpc) is 2.48. The van der Waals surface area contributed by atoms with E-state index in [2.05, 4.69) is 12.6 Å². The number of rotatable bonds is 2. The van der Waals surface area contributed by atoms with E-state index in [1.54, 1.807) is 17.4 Å². The molecule has 1 aromatic carbocycles. The van der Waals surface area contributed by atoms with Crippen molar-refractivity contribution in [1.29, 1.82) is 0 Å². The van der Waals surface area contributed by atoms with Crippen LogP contribution in [-0.2, 0) is 0 Å². The molecular weight excluding hydrogens is 216 g/mol. The van der Waals surface area contributed by atoms with Crippen molar-refractivity contribution in [3.05, 3.63) is 18.2 Å². The van der Waals surface area contributed by atoms with Crippen molar-refractivity contribution in [3.8, 4) is 10.8 Å². The SMILES string of the molecule is CCOc1cc2cc(O)c(S)cc2s1. The van der Waals surface area contributed by atoms with Gasteiger partial charge in [0.1, 0.15) is 5.75 Å². The summed E-state index contributed by atoms with van der Waals surface area (Å²) in [6, 6.07) is 5.48. The van der Waals surface area contributed by atoms with Crippen LogP contribution in [0.3, 0.4) is 0 Å². The predicted octanol–water partition coefficient (Wildman–Crippen LogP) is 3.29. The Labute approximate surface area is 91.5 Å². The van der Waals surface area contributed by atoms with Crippen LogP contribution < -0.4 is 4.74 Å². The number of hydrogen-bond acceptors (Lipinski definition) is 4. The molecule has 0 spiro atoms. The Morgan fingerprint density at radius 2 is 2.21 bits per heavy atom. The molecule has 1 aromatic heterocycles. The molecule has 0 saturated heterocycles. The molecular formula is C10H10O2S2. The molecule has 0 aliphatic heterocycles. The number of ether oxygens (including phenoxy) is 1. The first-order valence-electron chi connectivity index (χ1n) is 4.29. The molecule has 2 rings (SSSR count). The van der Waals surface area contributed by atoms with Crippen molar-refractivity contribution in [2.24, 2.45) is 0 Å². The normalized spacial score (nSPS) is 10.7. The molecule has 0 saturated carbocycles. The molecule has 1 heterocycles. The Bertz CT molecular complexity index is 423. The third-order valence-corrected chi connectivity index (χ3v) is 3.25. The lowest BCUT2D eigenvalue weighted by atomic mass is 10.2. The van der Waals surface area contributed by atoms with Gasteiger partial charge in [0.25, 0.3) is 0 Å². The van der Waals surface area contributed by atoms with E-state index in [1.165, 1.54) is 0 Å². The first-order chi connectivity index (χ1) is 6.70. The molecule has 0 radical (unpaired) electrons. The first-order valence-corrected chi connectivity index (χ1v) is 5.55. The van der Waals surface area contributed by atoms with Crippen LogP contribution in [0.25, 0.3) is 10.1 Å². The number of phenols is 1. The fourth-order valence-corrected chi connectivity index (χ4v) is 2.53. The van der Waals surface area contributed by atoms with Crippen molar-refractivity contribution in [2.75, 3.05) is 6.61 Å². The van der Waals surface area contributed by atoms with Crippen molar-refractivity contribution in [1.82, 2.24) is 0 Å². The molecule has 0 atom stereocenters. The lowest BCUT2D eigenvalue weighted by Crippen LogP contribution is -1.86. The highest BCUT2D eigenvalue weighted by atomic mass is 32.1. The van der Waals surface area contributed by atoms with Crippen LogP contribution in [-0.4, -0.2) is 11.7 Å². The third-order valence-electron chi connectivity index (χ3n) is 1.88. The molecule has 1 N–H and O–H groups in total. The quantitative estimate of drug-likeness (QED) is 0.769. The predicted molar refractivity (Wildman–Crippen MR) is 61.9 cm³/mol. The largest absolute Gasteiger partial charge is 0.507 e. The van der Waals surface area contributed by atoms with Gasteiger partial charge in [0.15, 0.2) is 5.06 Å². The molecule has 0 fully saturated rings. The van der Waals surface area contributed by atoms with Crippen molar-refractivity contribution < 1.29 is 9.84 Å². The lowest BCUT2D eigenvalue weighted by Gasteiger charge is -1.95. The molecule has 0 aliphatic rings. The van der Waals surface area contributed by atoms with E-state index < -0.39 is 0 Å². The smallest absolute Gasteiger partial charge is 0.174 e. The molecule has 0 bridgehead atoms. The second-order valence-electron chi connectivity index (χ2n) is 2.88. The van der Waals surface area contributed by atoms with Crippen LogP contribution in [0.15, 0.2) is 23.1 Å². The van der Waals surface area contributed by atoms with E-state index in [1.807, 2.05) is 19.1 Å². The van der Waals surface area contributed by atoms with Gasteiger partial charge in [-0.1, -0.05) is 11.3 Å². The zero-order chi connectivity index (χ0) is 10.1. The molecule has 4 heteroatoms. The highest BCUT2D eigenvalue weighted by molar-refractivity contribution is 7.80. The maximum atomic E-state index is 9.44. The Hall–Kier alpha value is -0.870. The Kier molecular flexibility index (Phi) is 2.56. The highest BCUT2D eigenvalue weighted by Crippen LogP contribution is 2.36. The first kappa shape index (κ1) is 9.68. The maximum absolute atomic E-state index is 9.44. The number of phenolic OH excluding ortho intramolecular Hbond substituents is 1. The standard InChI is InChI=1S/C10H10O2S2/c1-2-12-10-4-6-3-7(11)8(13)5-9(6)14-10/h3-5,11,13H,2H2,1H3. The Morgan fingerprint density at radius 1 is 1.43 bits per heavy atom. The van der Waals surface area contributed by atoms with Gasteiger partial charge in [-0.3, -0.25) is 0 Å². The van der Waals surface area contributed by atoms with Crippen LogP contribution in [0.1, 0.15) is 6.92 Å². The van der Waals surface area contributed by atoms with Crippen LogP contribution in [0.5, 0.6) is 10.8 Å². The Balaban J connectivity index is 2.54. The van der Waals surface area contributed by atoms with Crippen molar-refractivity contribution in [3.63, 3.8) is 0 Å². The highest BCUT2D eigenvalue weighted by Gasteiger charge is 2.05. The fourth-order valence-electron chi connectivity index (χ4n) is 1.25. The summed E-state index contributed by atoms with van der Waals surface area (Å²) in [5.41, 5.74) is 0. The van der Waals surface area contributed by atoms with Gasteiger partial charge in [-0.15, -0.1) is 12.6 Å². The summed E-state index contributed by atoms with van der Waals surface area (Å²) in [5, 5.41) is 11.3. The van der Waals surface area contributed by atoms with Crippen LogP contribution in [0.2, 0.25) is 0 Å². The summed E-state index contributed by atoms with van der Waals surface area (Å²) in [4.78, 5) is 0.599. The number of thiophene rings is 1. The van der Waals surface area contributed by atoms with Gasteiger partial charge in [0.2, 0.25) is 0 Å². The fraction of sp³-hybridized carbons (Fsp3) is 0.200. The minimum Gasteiger partial charge on any atom is -0.507 e. The molecule has 2 aromatic rings. The molecule has 0 amide bonds. The second-order valence-corrected chi connectivity index (χ2v) is 4.41. The van der Waals surface area contributed by atoms with E-state index in [0.717, 1.165) is 15.1 Å². The lowest BCUT2D eigenvalue weighted by molar-refractivity contribution is 0.350. The third kappa shape index (κ3) is 1.67. The van der Waals surface area contributed by atoms with E-state index >= 15 is 0 Å². The van der Waals surface area contributed by atoms with Crippen LogP contribution in [0, 0.1) is 0 Å². The number of fused-ring (bicyclic) bond motifs is 1. The number of thiol groups is 1. The topological polar surface area (TPSA) is 29.5 Å². The van der Waals surface area contributed by atoms with Crippen LogP contribution >= 0.6 is 24.0 Å². The summed E-state index contributed by atoms with van der Waals surface area (Å²) in [6.45, 7) is 2.61. The zero-order valence-electron chi connectivity index (χ0n) is 7.65. The molecule has 0 unspecified atom stereocenters. The van der Waals surface area contributed by atoms with Gasteiger partial charge in [-0.2, -0.15) is 0 Å². The van der Waals surface area contributed by atoms with Crippen molar-refractivity contribution >= 4 is 34.1 Å². The van der Waals surface area contributed by atoms with Gasteiger partial charge in [-0.25, -0.2) is 0 Å². The molecule has 0 aliphatic carbocycles. The average molecular weight is 226 g/mol. The molecule has 14 heavy (non-hydrogen) atoms. The minimum atomic E-state index is 0.210. The Morgan fingerprint density at radius 3 is 2.93 bits per heavy atom. The number of benzene rings is 1. The number of hydrogen-bond donors (Lipinski definition) is 2. The summed E-state index contributed by atoms with van der Waals surface area (Å²) < 4.78 is 6.46. The monoisotopic (exact) mass is 226 g/mol. The van der Waals surface area contributed by atoms with Crippen molar-refractivity contribution in [2.45, 2.75) is 11.8 Å². The van der Waals surface area contributed by atoms with Gasteiger partial charge < -0.3 is 9.84 Å². The zero-order valence-corrected chi connectivity index (χ0v) is 9.36. The van der Waals surface area contributed by atoms with E-state index in [-0.39, 0.29) is 5.75 Å².